The maximum atomic E-state index is 12.8. The molecule has 2 aromatic carbocycles. The van der Waals surface area contributed by atoms with Crippen molar-refractivity contribution in [3.8, 4) is 0 Å². The minimum absolute atomic E-state index is 0.0180. The molecule has 4 atom stereocenters. The lowest BCUT2D eigenvalue weighted by Crippen LogP contribution is -2.30. The maximum absolute atomic E-state index is 12.8. The average Bonchev–Trinajstić information content (AvgIpc) is 3.99. The number of alkyl halides is 6. The van der Waals surface area contributed by atoms with E-state index in [4.69, 9.17) is 0 Å². The van der Waals surface area contributed by atoms with Crippen LogP contribution in [0.25, 0.3) is 0 Å². The Bertz CT molecular complexity index is 1940. The molecular weight excluding hydrogens is 674 g/mol. The lowest BCUT2D eigenvalue weighted by molar-refractivity contribution is -0.142. The van der Waals surface area contributed by atoms with Crippen molar-refractivity contribution in [3.05, 3.63) is 131 Å². The standard InChI is InChI=1S/C19H15F3N2O2.C19H17F3N2O/c20-19(21,22)15-7-6-13(10-23-15)14-8-18(14)9-16(25)24(17(18)26)11-12-4-2-1-3-5-12;20-19(21,22)16-7-6-14(11-23-16)15-10-18(15)8-9-24(17(18)25)12-13-4-2-1-3-5-13/h1-7,10,14H,8-9,11H2;1-7,11,15H,8-10,12H2/t;15?,18-/m.1/s1. The highest BCUT2D eigenvalue weighted by molar-refractivity contribution is 6.08. The largest absolute Gasteiger partial charge is 0.433 e. The van der Waals surface area contributed by atoms with Crippen molar-refractivity contribution in [2.75, 3.05) is 6.54 Å². The van der Waals surface area contributed by atoms with E-state index in [0.717, 1.165) is 35.2 Å². The molecule has 4 fully saturated rings. The van der Waals surface area contributed by atoms with Gasteiger partial charge in [-0.15, -0.1) is 0 Å². The molecule has 4 aromatic rings. The normalized spacial score (nSPS) is 25.4. The van der Waals surface area contributed by atoms with Gasteiger partial charge in [0.25, 0.3) is 0 Å². The number of hydrogen-bond donors (Lipinski definition) is 0. The molecule has 2 saturated carbocycles. The van der Waals surface area contributed by atoms with Gasteiger partial charge in [0.1, 0.15) is 11.4 Å². The molecule has 4 aliphatic rings. The predicted octanol–water partition coefficient (Wildman–Crippen LogP) is 7.54. The Morgan fingerprint density at radius 3 is 1.61 bits per heavy atom. The summed E-state index contributed by atoms with van der Waals surface area (Å²) < 4.78 is 75.8. The highest BCUT2D eigenvalue weighted by atomic mass is 19.4. The van der Waals surface area contributed by atoms with Crippen LogP contribution in [0.1, 0.15) is 71.2 Å². The molecule has 0 N–H and O–H groups in total. The Hall–Kier alpha value is -5.07. The van der Waals surface area contributed by atoms with Crippen molar-refractivity contribution in [1.29, 1.82) is 0 Å². The van der Waals surface area contributed by atoms with E-state index in [0.29, 0.717) is 31.5 Å². The molecule has 2 spiro atoms. The molecular formula is C38H32F6N4O3. The second-order valence-corrected chi connectivity index (χ2v) is 13.7. The van der Waals surface area contributed by atoms with Crippen LogP contribution < -0.4 is 0 Å². The van der Waals surface area contributed by atoms with Gasteiger partial charge in [0.2, 0.25) is 17.7 Å². The summed E-state index contributed by atoms with van der Waals surface area (Å²) in [7, 11) is 0. The number of amides is 3. The van der Waals surface area contributed by atoms with E-state index in [2.05, 4.69) is 9.97 Å². The maximum Gasteiger partial charge on any atom is 0.433 e. The Labute approximate surface area is 289 Å². The van der Waals surface area contributed by atoms with Crippen LogP contribution in [0.5, 0.6) is 0 Å². The third-order valence-corrected chi connectivity index (χ3v) is 10.5. The van der Waals surface area contributed by atoms with Gasteiger partial charge in [-0.1, -0.05) is 72.8 Å². The van der Waals surface area contributed by atoms with Gasteiger partial charge in [0, 0.05) is 43.7 Å². The number of halogens is 6. The summed E-state index contributed by atoms with van der Waals surface area (Å²) in [4.78, 5) is 48.1. The van der Waals surface area contributed by atoms with Crippen LogP contribution in [-0.2, 0) is 39.8 Å². The highest BCUT2D eigenvalue weighted by Crippen LogP contribution is 2.66. The molecule has 0 bridgehead atoms. The minimum atomic E-state index is -4.49. The molecule has 8 rings (SSSR count). The molecule has 2 aliphatic heterocycles. The van der Waals surface area contributed by atoms with E-state index in [9.17, 15) is 40.7 Å². The number of hydrogen-bond acceptors (Lipinski definition) is 5. The molecule has 264 valence electrons. The van der Waals surface area contributed by atoms with Crippen molar-refractivity contribution in [1.82, 2.24) is 19.8 Å². The van der Waals surface area contributed by atoms with Gasteiger partial charge in [0.15, 0.2) is 0 Å². The number of likely N-dealkylation sites (tertiary alicyclic amines) is 2. The number of carbonyl (C=O) groups is 3. The Balaban J connectivity index is 0.000000159. The third kappa shape index (κ3) is 6.61. The molecule has 2 aliphatic carbocycles. The molecule has 51 heavy (non-hydrogen) atoms. The monoisotopic (exact) mass is 706 g/mol. The van der Waals surface area contributed by atoms with Crippen LogP contribution >= 0.6 is 0 Å². The zero-order valence-corrected chi connectivity index (χ0v) is 27.1. The van der Waals surface area contributed by atoms with Gasteiger partial charge >= 0.3 is 12.4 Å². The lowest BCUT2D eigenvalue weighted by atomic mass is 9.98. The fourth-order valence-corrected chi connectivity index (χ4v) is 7.55. The second-order valence-electron chi connectivity index (χ2n) is 13.7. The zero-order valence-electron chi connectivity index (χ0n) is 27.1. The van der Waals surface area contributed by atoms with Crippen molar-refractivity contribution in [2.24, 2.45) is 10.8 Å². The van der Waals surface area contributed by atoms with Crippen molar-refractivity contribution < 1.29 is 40.7 Å². The number of carbonyl (C=O) groups excluding carboxylic acids is 3. The molecule has 13 heteroatoms. The molecule has 2 aromatic heterocycles. The zero-order chi connectivity index (χ0) is 36.2. The van der Waals surface area contributed by atoms with E-state index < -0.39 is 34.6 Å². The van der Waals surface area contributed by atoms with Gasteiger partial charge in [-0.3, -0.25) is 29.3 Å². The first-order valence-corrected chi connectivity index (χ1v) is 16.5. The summed E-state index contributed by atoms with van der Waals surface area (Å²) in [5.41, 5.74) is 0.137. The Kier molecular flexibility index (Phi) is 8.50. The molecule has 3 unspecified atom stereocenters. The minimum Gasteiger partial charge on any atom is -0.338 e. The number of pyridine rings is 2. The summed E-state index contributed by atoms with van der Waals surface area (Å²) in [6.45, 7) is 1.50. The molecule has 3 amide bonds. The summed E-state index contributed by atoms with van der Waals surface area (Å²) in [6.07, 6.45) is -4.47. The fourth-order valence-electron chi connectivity index (χ4n) is 7.55. The van der Waals surface area contributed by atoms with Crippen molar-refractivity contribution in [2.45, 2.75) is 63.0 Å². The van der Waals surface area contributed by atoms with Crippen LogP contribution in [0, 0.1) is 10.8 Å². The third-order valence-electron chi connectivity index (χ3n) is 10.5. The van der Waals surface area contributed by atoms with Crippen LogP contribution in [0.4, 0.5) is 26.3 Å². The van der Waals surface area contributed by atoms with Gasteiger partial charge in [-0.05, 0) is 53.6 Å². The first-order chi connectivity index (χ1) is 24.2. The number of benzene rings is 2. The molecule has 4 heterocycles. The van der Waals surface area contributed by atoms with E-state index in [1.54, 1.807) is 0 Å². The first-order valence-electron chi connectivity index (χ1n) is 16.5. The van der Waals surface area contributed by atoms with E-state index in [1.807, 2.05) is 65.6 Å². The lowest BCUT2D eigenvalue weighted by Gasteiger charge is -2.17. The second kappa shape index (κ2) is 12.6. The van der Waals surface area contributed by atoms with Crippen LogP contribution in [0.15, 0.2) is 97.3 Å². The van der Waals surface area contributed by atoms with Gasteiger partial charge < -0.3 is 4.90 Å². The summed E-state index contributed by atoms with van der Waals surface area (Å²) >= 11 is 0. The molecule has 0 radical (unpaired) electrons. The summed E-state index contributed by atoms with van der Waals surface area (Å²) in [5.74, 6) is -0.635. The van der Waals surface area contributed by atoms with Crippen molar-refractivity contribution in [3.63, 3.8) is 0 Å². The van der Waals surface area contributed by atoms with Crippen LogP contribution in [0.3, 0.4) is 0 Å². The topological polar surface area (TPSA) is 83.5 Å². The number of aromatic nitrogens is 2. The smallest absolute Gasteiger partial charge is 0.338 e. The van der Waals surface area contributed by atoms with Crippen molar-refractivity contribution >= 4 is 17.7 Å². The number of rotatable bonds is 6. The van der Waals surface area contributed by atoms with Gasteiger partial charge in [-0.2, -0.15) is 26.3 Å². The Morgan fingerprint density at radius 1 is 0.627 bits per heavy atom. The van der Waals surface area contributed by atoms with E-state index in [1.165, 1.54) is 29.4 Å². The average molecular weight is 707 g/mol. The van der Waals surface area contributed by atoms with Crippen LogP contribution in [0.2, 0.25) is 0 Å². The Morgan fingerprint density at radius 2 is 1.12 bits per heavy atom. The van der Waals surface area contributed by atoms with E-state index >= 15 is 0 Å². The van der Waals surface area contributed by atoms with Gasteiger partial charge in [0.05, 0.1) is 17.4 Å². The summed E-state index contributed by atoms with van der Waals surface area (Å²) in [6, 6.07) is 23.8. The quantitative estimate of drug-likeness (QED) is 0.153. The highest BCUT2D eigenvalue weighted by Gasteiger charge is 2.67. The van der Waals surface area contributed by atoms with Gasteiger partial charge in [-0.25, -0.2) is 0 Å². The number of imide groups is 1. The fraction of sp³-hybridized carbons (Fsp3) is 0.342. The molecule has 7 nitrogen and oxygen atoms in total. The van der Waals surface area contributed by atoms with E-state index in [-0.39, 0.29) is 42.5 Å². The van der Waals surface area contributed by atoms with Crippen LogP contribution in [-0.4, -0.2) is 44.0 Å². The molecule has 2 saturated heterocycles. The predicted molar refractivity (Wildman–Crippen MR) is 171 cm³/mol. The number of nitrogens with zero attached hydrogens (tertiary/aromatic N) is 4. The first kappa shape index (κ1) is 34.4. The summed E-state index contributed by atoms with van der Waals surface area (Å²) in [5, 5.41) is 0. The SMILES string of the molecule is O=C1CC2(CC2c2ccc(C(F)(F)F)nc2)C(=O)N1Cc1ccccc1.O=C1N(Cc2ccccc2)CC[C@]12CC2c1ccc(C(F)(F)F)nc1.